The Morgan fingerprint density at radius 1 is 1.50 bits per heavy atom. The molecule has 0 aliphatic carbocycles. The average Bonchev–Trinajstić information content (AvgIpc) is 2.83. The first-order valence-electron chi connectivity index (χ1n) is 8.23. The molecule has 1 aromatic heterocycles. The molecule has 1 heterocycles. The maximum absolute atomic E-state index is 12.3. The van der Waals surface area contributed by atoms with Gasteiger partial charge in [-0.1, -0.05) is 30.3 Å². The SMILES string of the molecule is C=C(/N=C\c1[nH]c(=O)n(Cc2c(C)cccc2Cl)c1N)NCCN(C)C. The van der Waals surface area contributed by atoms with Gasteiger partial charge in [0.1, 0.15) is 17.3 Å². The van der Waals surface area contributed by atoms with Gasteiger partial charge in [0.05, 0.1) is 12.8 Å². The fraction of sp³-hybridized carbons (Fsp3) is 0.333. The van der Waals surface area contributed by atoms with E-state index in [1.54, 1.807) is 6.07 Å². The van der Waals surface area contributed by atoms with Gasteiger partial charge < -0.3 is 20.9 Å². The van der Waals surface area contributed by atoms with Crippen LogP contribution in [0.2, 0.25) is 5.02 Å². The molecule has 140 valence electrons. The summed E-state index contributed by atoms with van der Waals surface area (Å²) >= 11 is 6.25. The Kier molecular flexibility index (Phi) is 6.65. The molecule has 0 amide bonds. The number of anilines is 1. The molecular formula is C18H25ClN6O. The van der Waals surface area contributed by atoms with Crippen LogP contribution in [-0.2, 0) is 6.54 Å². The van der Waals surface area contributed by atoms with Gasteiger partial charge in [-0.3, -0.25) is 4.57 Å². The molecule has 0 radical (unpaired) electrons. The van der Waals surface area contributed by atoms with E-state index in [9.17, 15) is 4.79 Å². The van der Waals surface area contributed by atoms with Crippen molar-refractivity contribution in [3.8, 4) is 0 Å². The van der Waals surface area contributed by atoms with Gasteiger partial charge >= 0.3 is 5.69 Å². The van der Waals surface area contributed by atoms with Crippen LogP contribution in [0.5, 0.6) is 0 Å². The normalized spacial score (nSPS) is 11.4. The first kappa shape index (κ1) is 19.8. The zero-order valence-corrected chi connectivity index (χ0v) is 16.1. The van der Waals surface area contributed by atoms with Gasteiger partial charge in [0, 0.05) is 18.1 Å². The van der Waals surface area contributed by atoms with Crippen molar-refractivity contribution in [2.24, 2.45) is 4.99 Å². The summed E-state index contributed by atoms with van der Waals surface area (Å²) < 4.78 is 1.44. The molecule has 1 aromatic carbocycles. The highest BCUT2D eigenvalue weighted by Crippen LogP contribution is 2.21. The number of aromatic nitrogens is 2. The van der Waals surface area contributed by atoms with Gasteiger partial charge in [-0.2, -0.15) is 0 Å². The van der Waals surface area contributed by atoms with Crippen LogP contribution in [0.25, 0.3) is 0 Å². The maximum Gasteiger partial charge on any atom is 0.327 e. The first-order chi connectivity index (χ1) is 12.3. The van der Waals surface area contributed by atoms with E-state index in [1.165, 1.54) is 10.8 Å². The molecule has 26 heavy (non-hydrogen) atoms. The third-order valence-electron chi connectivity index (χ3n) is 3.96. The molecule has 2 rings (SSSR count). The third-order valence-corrected chi connectivity index (χ3v) is 4.31. The number of aromatic amines is 1. The minimum absolute atomic E-state index is 0.294. The number of likely N-dealkylation sites (N-methyl/N-ethyl adjacent to an activating group) is 1. The molecular weight excluding hydrogens is 352 g/mol. The van der Waals surface area contributed by atoms with Crippen LogP contribution in [0.4, 0.5) is 5.82 Å². The van der Waals surface area contributed by atoms with Gasteiger partial charge in [0.2, 0.25) is 0 Å². The highest BCUT2D eigenvalue weighted by Gasteiger charge is 2.13. The van der Waals surface area contributed by atoms with Crippen LogP contribution in [0, 0.1) is 6.92 Å². The van der Waals surface area contributed by atoms with Gasteiger partial charge in [-0.15, -0.1) is 0 Å². The van der Waals surface area contributed by atoms with Gasteiger partial charge in [-0.05, 0) is 38.2 Å². The minimum Gasteiger partial charge on any atom is -0.383 e. The summed E-state index contributed by atoms with van der Waals surface area (Å²) in [6, 6.07) is 5.61. The number of nitrogens with zero attached hydrogens (tertiary/aromatic N) is 3. The highest BCUT2D eigenvalue weighted by molar-refractivity contribution is 6.31. The number of halogens is 1. The molecule has 0 aliphatic rings. The first-order valence-corrected chi connectivity index (χ1v) is 8.61. The Balaban J connectivity index is 2.14. The second-order valence-electron chi connectivity index (χ2n) is 6.29. The van der Waals surface area contributed by atoms with Crippen molar-refractivity contribution < 1.29 is 0 Å². The van der Waals surface area contributed by atoms with E-state index in [1.807, 2.05) is 33.2 Å². The Labute approximate surface area is 158 Å². The van der Waals surface area contributed by atoms with Gasteiger partial charge in [-0.25, -0.2) is 9.79 Å². The maximum atomic E-state index is 12.3. The van der Waals surface area contributed by atoms with Crippen LogP contribution in [0.3, 0.4) is 0 Å². The monoisotopic (exact) mass is 376 g/mol. The van der Waals surface area contributed by atoms with E-state index in [0.717, 1.165) is 24.2 Å². The minimum atomic E-state index is -0.311. The Morgan fingerprint density at radius 2 is 2.23 bits per heavy atom. The number of hydrogen-bond acceptors (Lipinski definition) is 5. The quantitative estimate of drug-likeness (QED) is 0.613. The van der Waals surface area contributed by atoms with Crippen LogP contribution in [0.15, 0.2) is 40.4 Å². The number of nitrogen functional groups attached to an aromatic ring is 1. The van der Waals surface area contributed by atoms with E-state index in [4.69, 9.17) is 17.3 Å². The van der Waals surface area contributed by atoms with Crippen LogP contribution < -0.4 is 16.7 Å². The molecule has 0 saturated heterocycles. The summed E-state index contributed by atoms with van der Waals surface area (Å²) in [6.07, 6.45) is 1.50. The molecule has 7 nitrogen and oxygen atoms in total. The number of imidazole rings is 1. The predicted octanol–water partition coefficient (Wildman–Crippen LogP) is 1.81. The van der Waals surface area contributed by atoms with Gasteiger partial charge in [0.25, 0.3) is 0 Å². The summed E-state index contributed by atoms with van der Waals surface area (Å²) in [5.41, 5.74) is 8.11. The molecule has 4 N–H and O–H groups in total. The molecule has 0 saturated carbocycles. The fourth-order valence-electron chi connectivity index (χ4n) is 2.39. The Hall–Kier alpha value is -2.51. The van der Waals surface area contributed by atoms with Crippen LogP contribution >= 0.6 is 11.6 Å². The lowest BCUT2D eigenvalue weighted by molar-refractivity contribution is 0.408. The second kappa shape index (κ2) is 8.73. The second-order valence-corrected chi connectivity index (χ2v) is 6.69. The Bertz CT molecular complexity index is 845. The molecule has 0 spiro atoms. The number of benzene rings is 1. The van der Waals surface area contributed by atoms with Crippen molar-refractivity contribution in [1.29, 1.82) is 0 Å². The summed E-state index contributed by atoms with van der Waals surface area (Å²) in [7, 11) is 3.98. The lowest BCUT2D eigenvalue weighted by Gasteiger charge is -2.10. The lowest BCUT2D eigenvalue weighted by atomic mass is 10.1. The fourth-order valence-corrected chi connectivity index (χ4v) is 2.68. The number of H-pyrrole nitrogens is 1. The van der Waals surface area contributed by atoms with E-state index in [2.05, 4.69) is 26.8 Å². The standard InChI is InChI=1S/C18H25ClN6O/c1-12-6-5-7-15(19)14(12)11-25-17(20)16(23-18(25)26)10-22-13(2)21-8-9-24(3)4/h5-7,10,21H,2,8-9,11,20H2,1,3-4H3,(H,23,26)/b22-10-. The summed E-state index contributed by atoms with van der Waals surface area (Å²) in [4.78, 5) is 21.2. The number of hydrogen-bond donors (Lipinski definition) is 3. The number of nitrogens with two attached hydrogens (primary N) is 1. The predicted molar refractivity (Wildman–Crippen MR) is 108 cm³/mol. The van der Waals surface area contributed by atoms with Crippen LogP contribution in [-0.4, -0.2) is 47.9 Å². The lowest BCUT2D eigenvalue weighted by Crippen LogP contribution is -2.25. The molecule has 0 aliphatic heterocycles. The van der Waals surface area contributed by atoms with Crippen molar-refractivity contribution in [3.63, 3.8) is 0 Å². The number of nitrogens with one attached hydrogen (secondary N) is 2. The van der Waals surface area contributed by atoms with Crippen molar-refractivity contribution >= 4 is 23.6 Å². The van der Waals surface area contributed by atoms with Gasteiger partial charge in [0.15, 0.2) is 0 Å². The average molecular weight is 377 g/mol. The number of aliphatic imine (C=N–C) groups is 1. The zero-order chi connectivity index (χ0) is 19.3. The molecule has 0 atom stereocenters. The number of rotatable bonds is 8. The van der Waals surface area contributed by atoms with Crippen LogP contribution in [0.1, 0.15) is 16.8 Å². The molecule has 0 fully saturated rings. The summed E-state index contributed by atoms with van der Waals surface area (Å²) in [5.74, 6) is 0.806. The molecule has 0 bridgehead atoms. The third kappa shape index (κ3) is 5.00. The summed E-state index contributed by atoms with van der Waals surface area (Å²) in [5, 5.41) is 3.69. The van der Waals surface area contributed by atoms with E-state index < -0.39 is 0 Å². The Morgan fingerprint density at radius 3 is 2.88 bits per heavy atom. The van der Waals surface area contributed by atoms with E-state index in [0.29, 0.717) is 28.9 Å². The topological polar surface area (TPSA) is 91.4 Å². The van der Waals surface area contributed by atoms with Crippen molar-refractivity contribution in [3.05, 3.63) is 62.9 Å². The number of aryl methyl sites for hydroxylation is 1. The molecule has 0 unspecified atom stereocenters. The van der Waals surface area contributed by atoms with E-state index >= 15 is 0 Å². The van der Waals surface area contributed by atoms with Crippen molar-refractivity contribution in [2.45, 2.75) is 13.5 Å². The van der Waals surface area contributed by atoms with E-state index in [-0.39, 0.29) is 5.69 Å². The molecule has 8 heteroatoms. The van der Waals surface area contributed by atoms with Crippen molar-refractivity contribution in [2.75, 3.05) is 32.9 Å². The zero-order valence-electron chi connectivity index (χ0n) is 15.3. The summed E-state index contributed by atoms with van der Waals surface area (Å²) in [6.45, 7) is 7.66. The molecule has 2 aromatic rings. The highest BCUT2D eigenvalue weighted by atomic mass is 35.5. The smallest absolute Gasteiger partial charge is 0.327 e. The largest absolute Gasteiger partial charge is 0.383 e. The van der Waals surface area contributed by atoms with Crippen molar-refractivity contribution in [1.82, 2.24) is 19.8 Å².